The molecular weight excluding hydrogens is 199 g/mol. The van der Waals surface area contributed by atoms with Crippen molar-refractivity contribution in [1.82, 2.24) is 0 Å². The summed E-state index contributed by atoms with van der Waals surface area (Å²) < 4.78 is 0. The fraction of sp³-hybridized carbons (Fsp3) is 0.250. The van der Waals surface area contributed by atoms with Crippen LogP contribution in [0.5, 0.6) is 0 Å². The van der Waals surface area contributed by atoms with Gasteiger partial charge in [0.2, 0.25) is 0 Å². The maximum Gasteiger partial charge on any atom is 0.00718 e. The van der Waals surface area contributed by atoms with Gasteiger partial charge in [0.1, 0.15) is 0 Å². The Morgan fingerprint density at radius 2 is 1.64 bits per heavy atom. The molecule has 0 amide bonds. The van der Waals surface area contributed by atoms with Crippen LogP contribution in [0, 0.1) is 0 Å². The predicted octanol–water partition coefficient (Wildman–Crippen LogP) is 3.64. The van der Waals surface area contributed by atoms with Crippen LogP contribution in [0.4, 0.5) is 0 Å². The van der Waals surface area contributed by atoms with Crippen LogP contribution in [-0.4, -0.2) is 5.75 Å². The van der Waals surface area contributed by atoms with Crippen molar-refractivity contribution in [3.05, 3.63) is 30.3 Å². The Bertz CT molecular complexity index is 165. The maximum absolute atomic E-state index is 2.16. The molecule has 0 aromatic heterocycles. The van der Waals surface area contributed by atoms with E-state index in [-0.39, 0.29) is 24.8 Å². The standard InChI is InChI=1S/C8H10S.2ClH/c1-2-9-8-6-4-3-5-7-8;;/h3-7H,2H2,1H3;2*1H. The highest BCUT2D eigenvalue weighted by molar-refractivity contribution is 7.99. The van der Waals surface area contributed by atoms with Crippen molar-refractivity contribution in [1.29, 1.82) is 0 Å². The fourth-order valence-electron chi connectivity index (χ4n) is 0.683. The highest BCUT2D eigenvalue weighted by atomic mass is 35.5. The van der Waals surface area contributed by atoms with Gasteiger partial charge >= 0.3 is 0 Å². The molecule has 0 bridgehead atoms. The molecule has 3 heteroatoms. The van der Waals surface area contributed by atoms with Gasteiger partial charge in [-0.1, -0.05) is 25.1 Å². The first kappa shape index (κ1) is 13.7. The summed E-state index contributed by atoms with van der Waals surface area (Å²) in [5.41, 5.74) is 0. The zero-order valence-corrected chi connectivity index (χ0v) is 8.77. The Balaban J connectivity index is 0. The van der Waals surface area contributed by atoms with E-state index in [0.717, 1.165) is 5.75 Å². The normalized spacial score (nSPS) is 7.73. The zero-order chi connectivity index (χ0) is 6.53. The Hall–Kier alpha value is 0.150. The summed E-state index contributed by atoms with van der Waals surface area (Å²) in [5, 5.41) is 0. The number of benzene rings is 1. The minimum absolute atomic E-state index is 0. The lowest BCUT2D eigenvalue weighted by Gasteiger charge is -1.93. The molecule has 0 aliphatic heterocycles. The first-order valence-electron chi connectivity index (χ1n) is 3.11. The van der Waals surface area contributed by atoms with E-state index in [0.29, 0.717) is 0 Å². The largest absolute Gasteiger partial charge is 0.147 e. The first-order chi connectivity index (χ1) is 4.43. The van der Waals surface area contributed by atoms with E-state index in [9.17, 15) is 0 Å². The molecule has 0 N–H and O–H groups in total. The molecule has 1 aromatic rings. The zero-order valence-electron chi connectivity index (χ0n) is 6.32. The number of rotatable bonds is 2. The molecule has 0 nitrogen and oxygen atoms in total. The van der Waals surface area contributed by atoms with Gasteiger partial charge in [-0.3, -0.25) is 0 Å². The topological polar surface area (TPSA) is 0 Å². The van der Waals surface area contributed by atoms with E-state index in [1.165, 1.54) is 4.90 Å². The second kappa shape index (κ2) is 8.25. The molecular formula is C8H12Cl2S. The lowest BCUT2D eigenvalue weighted by Crippen LogP contribution is -1.68. The molecule has 1 rings (SSSR count). The van der Waals surface area contributed by atoms with Crippen LogP contribution in [0.15, 0.2) is 35.2 Å². The molecule has 0 heterocycles. The maximum atomic E-state index is 2.16. The van der Waals surface area contributed by atoms with Crippen molar-refractivity contribution in [3.63, 3.8) is 0 Å². The first-order valence-corrected chi connectivity index (χ1v) is 4.10. The van der Waals surface area contributed by atoms with Gasteiger partial charge in [-0.05, 0) is 17.9 Å². The summed E-state index contributed by atoms with van der Waals surface area (Å²) in [6, 6.07) is 10.4. The van der Waals surface area contributed by atoms with Gasteiger partial charge in [-0.25, -0.2) is 0 Å². The Kier molecular flexibility index (Phi) is 10.3. The van der Waals surface area contributed by atoms with Crippen molar-refractivity contribution in [3.8, 4) is 0 Å². The van der Waals surface area contributed by atoms with Gasteiger partial charge in [-0.2, -0.15) is 0 Å². The van der Waals surface area contributed by atoms with Crippen LogP contribution in [-0.2, 0) is 0 Å². The number of hydrogen-bond acceptors (Lipinski definition) is 1. The van der Waals surface area contributed by atoms with Crippen molar-refractivity contribution >= 4 is 36.6 Å². The summed E-state index contributed by atoms with van der Waals surface area (Å²) >= 11 is 1.88. The third kappa shape index (κ3) is 5.42. The van der Waals surface area contributed by atoms with Gasteiger partial charge in [0.25, 0.3) is 0 Å². The monoisotopic (exact) mass is 210 g/mol. The summed E-state index contributed by atoms with van der Waals surface area (Å²) in [5.74, 6) is 1.16. The lowest BCUT2D eigenvalue weighted by molar-refractivity contribution is 1.43. The fourth-order valence-corrected chi connectivity index (χ4v) is 1.37. The van der Waals surface area contributed by atoms with Crippen LogP contribution >= 0.6 is 36.6 Å². The third-order valence-corrected chi connectivity index (χ3v) is 1.95. The molecule has 1 aromatic carbocycles. The van der Waals surface area contributed by atoms with E-state index in [1.54, 1.807) is 0 Å². The van der Waals surface area contributed by atoms with E-state index >= 15 is 0 Å². The van der Waals surface area contributed by atoms with Crippen molar-refractivity contribution in [2.75, 3.05) is 5.75 Å². The van der Waals surface area contributed by atoms with Gasteiger partial charge in [0.15, 0.2) is 0 Å². The molecule has 11 heavy (non-hydrogen) atoms. The van der Waals surface area contributed by atoms with Crippen LogP contribution in [0.3, 0.4) is 0 Å². The van der Waals surface area contributed by atoms with Crippen LogP contribution < -0.4 is 0 Å². The smallest absolute Gasteiger partial charge is 0.00718 e. The summed E-state index contributed by atoms with van der Waals surface area (Å²) in [4.78, 5) is 1.36. The molecule has 0 saturated heterocycles. The van der Waals surface area contributed by atoms with E-state index in [4.69, 9.17) is 0 Å². The minimum Gasteiger partial charge on any atom is -0.147 e. The van der Waals surface area contributed by atoms with E-state index < -0.39 is 0 Å². The number of halogens is 2. The van der Waals surface area contributed by atoms with Crippen LogP contribution in [0.25, 0.3) is 0 Å². The molecule has 0 atom stereocenters. The number of thioether (sulfide) groups is 1. The average molecular weight is 211 g/mol. The van der Waals surface area contributed by atoms with Crippen LogP contribution in [0.2, 0.25) is 0 Å². The molecule has 0 fully saturated rings. The van der Waals surface area contributed by atoms with Gasteiger partial charge in [0.05, 0.1) is 0 Å². The van der Waals surface area contributed by atoms with Crippen LogP contribution in [0.1, 0.15) is 6.92 Å². The summed E-state index contributed by atoms with van der Waals surface area (Å²) in [7, 11) is 0. The van der Waals surface area contributed by atoms with Gasteiger partial charge in [0, 0.05) is 4.90 Å². The Morgan fingerprint density at radius 1 is 1.09 bits per heavy atom. The summed E-state index contributed by atoms with van der Waals surface area (Å²) in [6.45, 7) is 2.16. The average Bonchev–Trinajstić information content (AvgIpc) is 1.91. The second-order valence-electron chi connectivity index (χ2n) is 1.75. The molecule has 0 unspecified atom stereocenters. The van der Waals surface area contributed by atoms with E-state index in [2.05, 4.69) is 31.2 Å². The van der Waals surface area contributed by atoms with Crippen molar-refractivity contribution in [2.45, 2.75) is 11.8 Å². The van der Waals surface area contributed by atoms with Crippen molar-refractivity contribution < 1.29 is 0 Å². The van der Waals surface area contributed by atoms with Crippen molar-refractivity contribution in [2.24, 2.45) is 0 Å². The molecule has 0 saturated carbocycles. The van der Waals surface area contributed by atoms with E-state index in [1.807, 2.05) is 17.8 Å². The summed E-state index contributed by atoms with van der Waals surface area (Å²) in [6.07, 6.45) is 0. The Labute approximate surface area is 84.6 Å². The minimum atomic E-state index is 0. The highest BCUT2D eigenvalue weighted by Gasteiger charge is 1.84. The predicted molar refractivity (Wildman–Crippen MR) is 57.3 cm³/mol. The molecule has 0 spiro atoms. The molecule has 0 aliphatic rings. The SMILES string of the molecule is CCSc1ccccc1.Cl.Cl. The van der Waals surface area contributed by atoms with Gasteiger partial charge < -0.3 is 0 Å². The molecule has 0 radical (unpaired) electrons. The number of hydrogen-bond donors (Lipinski definition) is 0. The Morgan fingerprint density at radius 3 is 2.09 bits per heavy atom. The molecule has 0 aliphatic carbocycles. The van der Waals surface area contributed by atoms with Gasteiger partial charge in [-0.15, -0.1) is 36.6 Å². The molecule has 64 valence electrons. The quantitative estimate of drug-likeness (QED) is 0.673. The highest BCUT2D eigenvalue weighted by Crippen LogP contribution is 2.15. The second-order valence-corrected chi connectivity index (χ2v) is 3.08. The lowest BCUT2D eigenvalue weighted by atomic mass is 10.4. The third-order valence-electron chi connectivity index (χ3n) is 1.05.